The minimum absolute atomic E-state index is 0.371. The van der Waals surface area contributed by atoms with Gasteiger partial charge in [0.25, 0.3) is 0 Å². The van der Waals surface area contributed by atoms with Gasteiger partial charge in [0.1, 0.15) is 0 Å². The molecule has 0 aliphatic heterocycles. The van der Waals surface area contributed by atoms with Crippen LogP contribution in [0.25, 0.3) is 0 Å². The molecular weight excluding hydrogens is 364 g/mol. The van der Waals surface area contributed by atoms with Gasteiger partial charge in [-0.1, -0.05) is 0 Å². The number of benzene rings is 1. The molecule has 0 spiro atoms. The van der Waals surface area contributed by atoms with E-state index in [1.807, 2.05) is 0 Å². The molecule has 0 aromatic heterocycles. The van der Waals surface area contributed by atoms with Crippen molar-refractivity contribution < 1.29 is 34.4 Å². The summed E-state index contributed by atoms with van der Waals surface area (Å²) in [6, 6.07) is 6.52. The second kappa shape index (κ2) is 6.47. The fraction of sp³-hybridized carbons (Fsp3) is 0.333. The first-order chi connectivity index (χ1) is 9.03. The van der Waals surface area contributed by atoms with Crippen LogP contribution in [0, 0.1) is 15.4 Å². The van der Waals surface area contributed by atoms with Crippen LogP contribution in [0.1, 0.15) is 31.2 Å². The van der Waals surface area contributed by atoms with Crippen LogP contribution in [0.4, 0.5) is 13.2 Å². The van der Waals surface area contributed by atoms with E-state index < -0.39 is 25.4 Å². The Kier molecular flexibility index (Phi) is 4.92. The molecule has 0 saturated carbocycles. The van der Waals surface area contributed by atoms with Crippen molar-refractivity contribution in [2.24, 2.45) is 0 Å². The summed E-state index contributed by atoms with van der Waals surface area (Å²) in [5, 5.41) is 0. The van der Waals surface area contributed by atoms with Crippen molar-refractivity contribution in [1.29, 1.82) is 0 Å². The molecule has 1 aliphatic rings. The van der Waals surface area contributed by atoms with E-state index in [4.69, 9.17) is 0 Å². The number of allylic oxidation sites excluding steroid dienone is 2. The molecule has 0 atom stereocenters. The van der Waals surface area contributed by atoms with Crippen molar-refractivity contribution in [2.75, 3.05) is 0 Å². The summed E-state index contributed by atoms with van der Waals surface area (Å²) in [6.07, 6.45) is 6.53. The summed E-state index contributed by atoms with van der Waals surface area (Å²) in [5.74, 6) is 6.04. The van der Waals surface area contributed by atoms with Crippen LogP contribution in [0.3, 0.4) is 0 Å². The average molecular weight is 377 g/mol. The molecule has 0 nitrogen and oxygen atoms in total. The van der Waals surface area contributed by atoms with Crippen LogP contribution in [-0.2, 0) is 0 Å². The number of hydrogen-bond acceptors (Lipinski definition) is 0. The third-order valence-electron chi connectivity index (χ3n) is 2.70. The van der Waals surface area contributed by atoms with E-state index >= 15 is 0 Å². The summed E-state index contributed by atoms with van der Waals surface area (Å²) in [6.45, 7) is 0. The van der Waals surface area contributed by atoms with Gasteiger partial charge in [0.15, 0.2) is 0 Å². The second-order valence-electron chi connectivity index (χ2n) is 4.26. The van der Waals surface area contributed by atoms with Gasteiger partial charge in [-0.3, -0.25) is 0 Å². The molecule has 102 valence electrons. The zero-order chi connectivity index (χ0) is 13.7. The SMILES string of the molecule is FC(F)(F)[I-]c1cccc(C#CC2=CCCCC2)c1. The van der Waals surface area contributed by atoms with Crippen LogP contribution < -0.4 is 21.2 Å². The average Bonchev–Trinajstić information content (AvgIpc) is 2.36. The molecule has 1 aromatic carbocycles. The Morgan fingerprint density at radius 1 is 1.11 bits per heavy atom. The number of halogens is 4. The molecule has 0 radical (unpaired) electrons. The van der Waals surface area contributed by atoms with Gasteiger partial charge in [-0.15, -0.1) is 0 Å². The van der Waals surface area contributed by atoms with E-state index in [0.717, 1.165) is 24.8 Å². The predicted octanol–water partition coefficient (Wildman–Crippen LogP) is 1.32. The second-order valence-corrected chi connectivity index (χ2v) is 7.27. The number of alkyl halides is 4. The van der Waals surface area contributed by atoms with Crippen molar-refractivity contribution in [3.8, 4) is 11.8 Å². The fourth-order valence-electron chi connectivity index (χ4n) is 1.85. The van der Waals surface area contributed by atoms with Crippen LogP contribution >= 0.6 is 0 Å². The Morgan fingerprint density at radius 2 is 1.95 bits per heavy atom. The Labute approximate surface area is 121 Å². The van der Waals surface area contributed by atoms with Crippen molar-refractivity contribution in [1.82, 2.24) is 0 Å². The Bertz CT molecular complexity index is 532. The summed E-state index contributed by atoms with van der Waals surface area (Å²) < 4.78 is 33.4. The molecule has 0 amide bonds. The molecule has 19 heavy (non-hydrogen) atoms. The molecule has 0 fully saturated rings. The van der Waals surface area contributed by atoms with Crippen LogP contribution in [0.15, 0.2) is 35.9 Å². The van der Waals surface area contributed by atoms with Gasteiger partial charge in [-0.25, -0.2) is 0 Å². The molecule has 1 aliphatic carbocycles. The van der Waals surface area contributed by atoms with Gasteiger partial charge in [-0.2, -0.15) is 0 Å². The van der Waals surface area contributed by atoms with E-state index in [0.29, 0.717) is 9.13 Å². The molecule has 1 aromatic rings. The summed E-state index contributed by atoms with van der Waals surface area (Å²) in [7, 11) is 0. The molecular formula is C15H13F3I-. The third kappa shape index (κ3) is 5.27. The zero-order valence-electron chi connectivity index (χ0n) is 10.2. The molecule has 4 heteroatoms. The Morgan fingerprint density at radius 3 is 2.63 bits per heavy atom. The van der Waals surface area contributed by atoms with Gasteiger partial charge in [-0.05, 0) is 0 Å². The molecule has 0 heterocycles. The number of hydrogen-bond donors (Lipinski definition) is 0. The third-order valence-corrected chi connectivity index (χ3v) is 4.60. The van der Waals surface area contributed by atoms with E-state index in [2.05, 4.69) is 17.9 Å². The van der Waals surface area contributed by atoms with Crippen molar-refractivity contribution >= 4 is 0 Å². The summed E-state index contributed by atoms with van der Waals surface area (Å²) in [5.41, 5.74) is 1.79. The van der Waals surface area contributed by atoms with Crippen LogP contribution in [0.2, 0.25) is 0 Å². The Balaban J connectivity index is 2.11. The monoisotopic (exact) mass is 377 g/mol. The van der Waals surface area contributed by atoms with Crippen molar-refractivity contribution in [2.45, 2.75) is 29.9 Å². The minimum atomic E-state index is -4.06. The van der Waals surface area contributed by atoms with Crippen molar-refractivity contribution in [3.05, 3.63) is 45.0 Å². The maximum absolute atomic E-state index is 12.4. The Hall–Kier alpha value is -0.960. The first kappa shape index (κ1) is 14.4. The van der Waals surface area contributed by atoms with E-state index in [-0.39, 0.29) is 0 Å². The topological polar surface area (TPSA) is 0 Å². The molecule has 0 N–H and O–H groups in total. The maximum atomic E-state index is 12.4. The zero-order valence-corrected chi connectivity index (χ0v) is 12.4. The van der Waals surface area contributed by atoms with Gasteiger partial charge >= 0.3 is 121 Å². The first-order valence-corrected chi connectivity index (χ1v) is 8.22. The summed E-state index contributed by atoms with van der Waals surface area (Å²) in [4.78, 5) is 0. The molecule has 0 unspecified atom stereocenters. The molecule has 0 saturated heterocycles. The normalized spacial score (nSPS) is 15.6. The van der Waals surface area contributed by atoms with Gasteiger partial charge < -0.3 is 0 Å². The fourth-order valence-corrected chi connectivity index (χ4v) is 3.44. The van der Waals surface area contributed by atoms with Gasteiger partial charge in [0.2, 0.25) is 0 Å². The van der Waals surface area contributed by atoms with E-state index in [1.165, 1.54) is 12.5 Å². The predicted molar refractivity (Wildman–Crippen MR) is 64.6 cm³/mol. The molecule has 0 bridgehead atoms. The molecule has 2 rings (SSSR count). The number of rotatable bonds is 1. The first-order valence-electron chi connectivity index (χ1n) is 6.07. The van der Waals surface area contributed by atoms with Crippen molar-refractivity contribution in [3.63, 3.8) is 0 Å². The van der Waals surface area contributed by atoms with Crippen LogP contribution in [0.5, 0.6) is 0 Å². The van der Waals surface area contributed by atoms with Gasteiger partial charge in [0, 0.05) is 0 Å². The standard InChI is InChI=1S/C15H13F3I/c16-15(17,18)19-14-8-4-7-13(11-14)10-9-12-5-2-1-3-6-12/h4-5,7-8,11H,1-3,6H2/q-1. The van der Waals surface area contributed by atoms with E-state index in [1.54, 1.807) is 18.2 Å². The van der Waals surface area contributed by atoms with Gasteiger partial charge in [0.05, 0.1) is 0 Å². The van der Waals surface area contributed by atoms with Crippen LogP contribution in [-0.4, -0.2) is 4.18 Å². The summed E-state index contributed by atoms with van der Waals surface area (Å²) >= 11 is -1.94. The van der Waals surface area contributed by atoms with E-state index in [9.17, 15) is 13.2 Å². The quantitative estimate of drug-likeness (QED) is 0.394.